The lowest BCUT2D eigenvalue weighted by Gasteiger charge is -2.29. The second-order valence-electron chi connectivity index (χ2n) is 7.15. The Hall–Kier alpha value is -2.69. The molecule has 0 aliphatic rings. The lowest BCUT2D eigenvalue weighted by atomic mass is 10.1. The van der Waals surface area contributed by atoms with Gasteiger partial charge in [0.15, 0.2) is 0 Å². The van der Waals surface area contributed by atoms with Crippen molar-refractivity contribution in [1.29, 1.82) is 0 Å². The normalized spacial score (nSPS) is 11.9. The van der Waals surface area contributed by atoms with Crippen molar-refractivity contribution in [2.75, 3.05) is 0 Å². The van der Waals surface area contributed by atoms with E-state index >= 15 is 0 Å². The number of rotatable bonds is 7. The van der Waals surface area contributed by atoms with Crippen molar-refractivity contribution < 1.29 is 14.0 Å². The third kappa shape index (κ3) is 6.20. The van der Waals surface area contributed by atoms with Crippen LogP contribution >= 0.6 is 0 Å². The van der Waals surface area contributed by atoms with Crippen LogP contribution in [0.3, 0.4) is 0 Å². The van der Waals surface area contributed by atoms with Gasteiger partial charge in [0.25, 0.3) is 0 Å². The minimum atomic E-state index is -0.630. The van der Waals surface area contributed by atoms with E-state index in [4.69, 9.17) is 0 Å². The summed E-state index contributed by atoms with van der Waals surface area (Å²) in [4.78, 5) is 27.0. The van der Waals surface area contributed by atoms with E-state index in [1.807, 2.05) is 45.0 Å². The minimum absolute atomic E-state index is 0.0144. The molecular formula is C22H27FN2O2. The average molecular weight is 370 g/mol. The monoisotopic (exact) mass is 370 g/mol. The molecule has 4 nitrogen and oxygen atoms in total. The van der Waals surface area contributed by atoms with Crippen LogP contribution in [0.15, 0.2) is 48.5 Å². The Morgan fingerprint density at radius 2 is 1.70 bits per heavy atom. The van der Waals surface area contributed by atoms with Gasteiger partial charge in [-0.25, -0.2) is 4.39 Å². The zero-order valence-corrected chi connectivity index (χ0v) is 16.3. The van der Waals surface area contributed by atoms with Crippen molar-refractivity contribution in [1.82, 2.24) is 10.2 Å². The number of aryl methyl sites for hydroxylation is 1. The SMILES string of the molecule is Cc1cccc(CC(=O)N(Cc2ccc(F)cc2)[C@H](C)C(=O)NC(C)C)c1. The predicted molar refractivity (Wildman–Crippen MR) is 105 cm³/mol. The van der Waals surface area contributed by atoms with E-state index < -0.39 is 6.04 Å². The molecule has 2 amide bonds. The highest BCUT2D eigenvalue weighted by molar-refractivity contribution is 5.88. The summed E-state index contributed by atoms with van der Waals surface area (Å²) in [5.41, 5.74) is 2.76. The van der Waals surface area contributed by atoms with Crippen molar-refractivity contribution >= 4 is 11.8 Å². The molecule has 0 aliphatic heterocycles. The first-order chi connectivity index (χ1) is 12.8. The predicted octanol–water partition coefficient (Wildman–Crippen LogP) is 3.62. The Kier molecular flexibility index (Phi) is 7.11. The Balaban J connectivity index is 2.22. The smallest absolute Gasteiger partial charge is 0.242 e. The summed E-state index contributed by atoms with van der Waals surface area (Å²) >= 11 is 0. The molecule has 0 unspecified atom stereocenters. The van der Waals surface area contributed by atoms with E-state index in [0.29, 0.717) is 0 Å². The van der Waals surface area contributed by atoms with Crippen LogP contribution < -0.4 is 5.32 Å². The molecule has 144 valence electrons. The van der Waals surface area contributed by atoms with Gasteiger partial charge in [0.2, 0.25) is 11.8 Å². The Labute approximate surface area is 160 Å². The van der Waals surface area contributed by atoms with E-state index in [9.17, 15) is 14.0 Å². The molecule has 0 saturated heterocycles. The van der Waals surface area contributed by atoms with Gasteiger partial charge in [-0.05, 0) is 51.0 Å². The maximum atomic E-state index is 13.2. The van der Waals surface area contributed by atoms with E-state index in [0.717, 1.165) is 16.7 Å². The van der Waals surface area contributed by atoms with Crippen molar-refractivity contribution in [3.8, 4) is 0 Å². The number of hydrogen-bond acceptors (Lipinski definition) is 2. The maximum Gasteiger partial charge on any atom is 0.242 e. The number of nitrogens with zero attached hydrogens (tertiary/aromatic N) is 1. The van der Waals surface area contributed by atoms with Gasteiger partial charge in [-0.3, -0.25) is 9.59 Å². The fourth-order valence-electron chi connectivity index (χ4n) is 2.87. The largest absolute Gasteiger partial charge is 0.352 e. The van der Waals surface area contributed by atoms with Crippen LogP contribution in [0.2, 0.25) is 0 Å². The van der Waals surface area contributed by atoms with Gasteiger partial charge in [-0.2, -0.15) is 0 Å². The van der Waals surface area contributed by atoms with E-state index in [1.54, 1.807) is 24.0 Å². The summed E-state index contributed by atoms with van der Waals surface area (Å²) in [5.74, 6) is -0.678. The summed E-state index contributed by atoms with van der Waals surface area (Å²) < 4.78 is 13.2. The molecule has 0 aliphatic carbocycles. The molecule has 2 aromatic carbocycles. The van der Waals surface area contributed by atoms with Crippen LogP contribution in [0.1, 0.15) is 37.5 Å². The first-order valence-corrected chi connectivity index (χ1v) is 9.16. The van der Waals surface area contributed by atoms with Gasteiger partial charge >= 0.3 is 0 Å². The molecule has 2 rings (SSSR count). The zero-order valence-electron chi connectivity index (χ0n) is 16.3. The molecule has 1 atom stereocenters. The number of amides is 2. The second kappa shape index (κ2) is 9.31. The highest BCUT2D eigenvalue weighted by atomic mass is 19.1. The Morgan fingerprint density at radius 3 is 2.30 bits per heavy atom. The van der Waals surface area contributed by atoms with Crippen molar-refractivity contribution in [3.63, 3.8) is 0 Å². The fraction of sp³-hybridized carbons (Fsp3) is 0.364. The molecule has 0 bridgehead atoms. The van der Waals surface area contributed by atoms with Gasteiger partial charge in [0.05, 0.1) is 6.42 Å². The number of halogens is 1. The van der Waals surface area contributed by atoms with Crippen molar-refractivity contribution in [3.05, 3.63) is 71.0 Å². The lowest BCUT2D eigenvalue weighted by Crippen LogP contribution is -2.49. The van der Waals surface area contributed by atoms with Crippen molar-refractivity contribution in [2.24, 2.45) is 0 Å². The molecule has 0 aromatic heterocycles. The van der Waals surface area contributed by atoms with Crippen LogP contribution in [0.5, 0.6) is 0 Å². The van der Waals surface area contributed by atoms with Gasteiger partial charge in [-0.15, -0.1) is 0 Å². The zero-order chi connectivity index (χ0) is 20.0. The van der Waals surface area contributed by atoms with E-state index in [2.05, 4.69) is 5.32 Å². The van der Waals surface area contributed by atoms with Gasteiger partial charge in [-0.1, -0.05) is 42.0 Å². The molecule has 0 saturated carbocycles. The van der Waals surface area contributed by atoms with Gasteiger partial charge in [0.1, 0.15) is 11.9 Å². The Bertz CT molecular complexity index is 787. The topological polar surface area (TPSA) is 49.4 Å². The van der Waals surface area contributed by atoms with Gasteiger partial charge < -0.3 is 10.2 Å². The maximum absolute atomic E-state index is 13.2. The minimum Gasteiger partial charge on any atom is -0.352 e. The van der Waals surface area contributed by atoms with Crippen LogP contribution in [0.25, 0.3) is 0 Å². The van der Waals surface area contributed by atoms with E-state index in [-0.39, 0.29) is 36.6 Å². The molecular weight excluding hydrogens is 343 g/mol. The molecule has 0 spiro atoms. The summed E-state index contributed by atoms with van der Waals surface area (Å²) in [5, 5.41) is 2.85. The number of carbonyl (C=O) groups excluding carboxylic acids is 2. The van der Waals surface area contributed by atoms with Crippen LogP contribution in [-0.4, -0.2) is 28.8 Å². The van der Waals surface area contributed by atoms with Crippen LogP contribution in [-0.2, 0) is 22.6 Å². The molecule has 2 aromatic rings. The molecule has 0 fully saturated rings. The van der Waals surface area contributed by atoms with Gasteiger partial charge in [0, 0.05) is 12.6 Å². The average Bonchev–Trinajstić information content (AvgIpc) is 2.60. The number of benzene rings is 2. The van der Waals surface area contributed by atoms with Crippen LogP contribution in [0.4, 0.5) is 4.39 Å². The summed E-state index contributed by atoms with van der Waals surface area (Å²) in [6, 6.07) is 13.1. The number of nitrogens with one attached hydrogen (secondary N) is 1. The highest BCUT2D eigenvalue weighted by Crippen LogP contribution is 2.14. The van der Waals surface area contributed by atoms with Crippen LogP contribution in [0, 0.1) is 12.7 Å². The number of hydrogen-bond donors (Lipinski definition) is 1. The number of carbonyl (C=O) groups is 2. The molecule has 5 heteroatoms. The lowest BCUT2D eigenvalue weighted by molar-refractivity contribution is -0.140. The molecule has 27 heavy (non-hydrogen) atoms. The summed E-state index contributed by atoms with van der Waals surface area (Å²) in [7, 11) is 0. The quantitative estimate of drug-likeness (QED) is 0.809. The third-order valence-electron chi connectivity index (χ3n) is 4.30. The standard InChI is InChI=1S/C22H27FN2O2/c1-15(2)24-22(27)17(4)25(14-18-8-10-20(23)11-9-18)21(26)13-19-7-5-6-16(3)12-19/h5-12,15,17H,13-14H2,1-4H3,(H,24,27)/t17-/m1/s1. The molecule has 0 heterocycles. The third-order valence-corrected chi connectivity index (χ3v) is 4.30. The Morgan fingerprint density at radius 1 is 1.04 bits per heavy atom. The highest BCUT2D eigenvalue weighted by Gasteiger charge is 2.26. The molecule has 1 N–H and O–H groups in total. The first-order valence-electron chi connectivity index (χ1n) is 9.16. The van der Waals surface area contributed by atoms with E-state index in [1.165, 1.54) is 12.1 Å². The first kappa shape index (κ1) is 20.6. The fourth-order valence-corrected chi connectivity index (χ4v) is 2.87. The summed E-state index contributed by atoms with van der Waals surface area (Å²) in [6.07, 6.45) is 0.210. The second-order valence-corrected chi connectivity index (χ2v) is 7.15. The molecule has 0 radical (unpaired) electrons. The summed E-state index contributed by atoms with van der Waals surface area (Å²) in [6.45, 7) is 7.70. The van der Waals surface area contributed by atoms with Crippen molar-refractivity contribution in [2.45, 2.75) is 52.7 Å².